The number of aromatic amines is 1. The number of pyridine rings is 1. The minimum absolute atomic E-state index is 0. The summed E-state index contributed by atoms with van der Waals surface area (Å²) in [5.41, 5.74) is 1.04. The molecule has 2 aliphatic heterocycles. The van der Waals surface area contributed by atoms with E-state index < -0.39 is 50.2 Å². The van der Waals surface area contributed by atoms with Crippen molar-refractivity contribution >= 4 is 32.7 Å². The molecule has 1 fully saturated rings. The number of aliphatic hydroxyl groups excluding tert-OH is 1. The van der Waals surface area contributed by atoms with Gasteiger partial charge < -0.3 is 39.0 Å². The summed E-state index contributed by atoms with van der Waals surface area (Å²) in [7, 11) is 0.464. The summed E-state index contributed by atoms with van der Waals surface area (Å²) in [5.74, 6) is -2.98. The Labute approximate surface area is 270 Å². The second-order valence-corrected chi connectivity index (χ2v) is 11.4. The van der Waals surface area contributed by atoms with Gasteiger partial charge in [-0.25, -0.2) is 13.6 Å². The van der Waals surface area contributed by atoms with E-state index in [4.69, 9.17) is 18.9 Å². The molecule has 0 radical (unpaired) electrons. The molecule has 3 aromatic rings. The number of esters is 1. The number of rotatable bonds is 8. The van der Waals surface area contributed by atoms with Crippen LogP contribution in [0.4, 0.5) is 8.78 Å². The molecule has 1 unspecified atom stereocenters. The van der Waals surface area contributed by atoms with Crippen molar-refractivity contribution in [3.05, 3.63) is 92.9 Å². The Balaban J connectivity index is 0.00000139. The molecule has 5 N–H and O–H groups in total. The zero-order chi connectivity index (χ0) is 32.3. The van der Waals surface area contributed by atoms with Gasteiger partial charge >= 0.3 is 5.97 Å². The van der Waals surface area contributed by atoms with Crippen molar-refractivity contribution in [2.24, 2.45) is 0 Å². The van der Waals surface area contributed by atoms with Gasteiger partial charge in [0.1, 0.15) is 0 Å². The lowest BCUT2D eigenvalue weighted by Gasteiger charge is -2.34. The van der Waals surface area contributed by atoms with Crippen LogP contribution in [0.15, 0.2) is 58.4 Å². The fourth-order valence-corrected chi connectivity index (χ4v) is 6.48. The number of H-pyrrole nitrogens is 1. The lowest BCUT2D eigenvalue weighted by atomic mass is 9.94. The molecule has 1 aromatic heterocycles. The zero-order valence-corrected chi connectivity index (χ0v) is 27.0. The molecule has 3 atom stereocenters. The van der Waals surface area contributed by atoms with Gasteiger partial charge in [-0.05, 0) is 30.2 Å². The molecule has 0 spiro atoms. The summed E-state index contributed by atoms with van der Waals surface area (Å²) in [6, 6.07) is 10.9. The van der Waals surface area contributed by atoms with E-state index in [2.05, 4.69) is 15.0 Å². The number of carbonyl (C=O) groups excluding carboxylic acids is 2. The Bertz CT molecular complexity index is 1550. The maximum absolute atomic E-state index is 15.0. The third-order valence-electron chi connectivity index (χ3n) is 6.90. The first-order chi connectivity index (χ1) is 21.8. The van der Waals surface area contributed by atoms with E-state index in [0.29, 0.717) is 18.6 Å². The maximum atomic E-state index is 15.0. The number of amides is 1. The van der Waals surface area contributed by atoms with Crippen LogP contribution in [0.1, 0.15) is 46.6 Å². The van der Waals surface area contributed by atoms with Crippen molar-refractivity contribution in [1.29, 1.82) is 0 Å². The highest BCUT2D eigenvalue weighted by Crippen LogP contribution is 2.41. The minimum atomic E-state index is -0.921. The third kappa shape index (κ3) is 8.88. The van der Waals surface area contributed by atoms with Crippen LogP contribution in [-0.2, 0) is 24.5 Å². The summed E-state index contributed by atoms with van der Waals surface area (Å²) >= 11 is 1.42. The Morgan fingerprint density at radius 2 is 1.93 bits per heavy atom. The summed E-state index contributed by atoms with van der Waals surface area (Å²) in [6.45, 7) is 2.31. The van der Waals surface area contributed by atoms with Gasteiger partial charge in [-0.1, -0.05) is 24.3 Å². The third-order valence-corrected chi connectivity index (χ3v) is 8.57. The number of aromatic nitrogens is 1. The van der Waals surface area contributed by atoms with E-state index in [1.54, 1.807) is 13.0 Å². The number of benzene rings is 2. The number of ether oxygens (including phenoxy) is 2. The molecule has 1 saturated heterocycles. The van der Waals surface area contributed by atoms with Crippen molar-refractivity contribution in [3.63, 3.8) is 0 Å². The molecular formula is C30H36F2N3O9PS. The highest BCUT2D eigenvalue weighted by molar-refractivity contribution is 7.98. The monoisotopic (exact) mass is 683 g/mol. The molecule has 2 aliphatic rings. The van der Waals surface area contributed by atoms with Crippen LogP contribution in [0.25, 0.3) is 0 Å². The molecule has 1 amide bonds. The normalized spacial score (nSPS) is 17.4. The first kappa shape index (κ1) is 37.0. The average molecular weight is 684 g/mol. The van der Waals surface area contributed by atoms with Crippen LogP contribution < -0.4 is 15.3 Å². The van der Waals surface area contributed by atoms with Crippen molar-refractivity contribution < 1.29 is 47.5 Å². The SMILES string of the molecule is CCO.COC(=O)COPOc1c(C(=O)N2CCOCC[C@H]2N[C@@H]2c3ccccc3SCc3c2ccc(F)c3F)[nH]ccc1=O.O. The fourth-order valence-electron chi connectivity index (χ4n) is 4.84. The average Bonchev–Trinajstić information content (AvgIpc) is 3.37. The van der Waals surface area contributed by atoms with Gasteiger partial charge in [-0.15, -0.1) is 11.8 Å². The highest BCUT2D eigenvalue weighted by Gasteiger charge is 2.34. The number of aliphatic hydroxyl groups is 1. The summed E-state index contributed by atoms with van der Waals surface area (Å²) in [4.78, 5) is 43.2. The molecule has 16 heteroatoms. The van der Waals surface area contributed by atoms with Crippen LogP contribution in [0, 0.1) is 11.6 Å². The van der Waals surface area contributed by atoms with Crippen LogP contribution in [-0.4, -0.2) is 78.6 Å². The number of hydrogen-bond acceptors (Lipinski definition) is 10. The number of nitrogens with zero attached hydrogens (tertiary/aromatic N) is 1. The summed E-state index contributed by atoms with van der Waals surface area (Å²) < 4.78 is 50.1. The van der Waals surface area contributed by atoms with Gasteiger partial charge in [0.05, 0.1) is 25.9 Å². The molecule has 0 bridgehead atoms. The van der Waals surface area contributed by atoms with Gasteiger partial charge in [0, 0.05) is 54.7 Å². The van der Waals surface area contributed by atoms with Crippen molar-refractivity contribution in [3.8, 4) is 5.75 Å². The Kier molecular flexibility index (Phi) is 14.5. The van der Waals surface area contributed by atoms with Crippen molar-refractivity contribution in [2.45, 2.75) is 36.2 Å². The molecule has 12 nitrogen and oxygen atoms in total. The zero-order valence-electron chi connectivity index (χ0n) is 25.1. The predicted octanol–water partition coefficient (Wildman–Crippen LogP) is 3.08. The van der Waals surface area contributed by atoms with Crippen molar-refractivity contribution in [2.75, 3.05) is 40.1 Å². The molecule has 0 aliphatic carbocycles. The number of nitrogens with one attached hydrogen (secondary N) is 2. The highest BCUT2D eigenvalue weighted by atomic mass is 32.2. The van der Waals surface area contributed by atoms with E-state index >= 15 is 4.39 Å². The lowest BCUT2D eigenvalue weighted by molar-refractivity contribution is -0.142. The molecule has 2 aromatic carbocycles. The van der Waals surface area contributed by atoms with Crippen LogP contribution in [0.3, 0.4) is 0 Å². The van der Waals surface area contributed by atoms with Gasteiger partial charge in [-0.2, -0.15) is 0 Å². The molecule has 0 saturated carbocycles. The molecule has 250 valence electrons. The largest absolute Gasteiger partial charge is 0.467 e. The van der Waals surface area contributed by atoms with Crippen LogP contribution in [0.2, 0.25) is 0 Å². The summed E-state index contributed by atoms with van der Waals surface area (Å²) in [6.07, 6.45) is 1.11. The molecule has 5 rings (SSSR count). The van der Waals surface area contributed by atoms with Gasteiger partial charge in [0.25, 0.3) is 5.91 Å². The molecular weight excluding hydrogens is 647 g/mol. The maximum Gasteiger partial charge on any atom is 0.332 e. The van der Waals surface area contributed by atoms with E-state index in [0.717, 1.165) is 16.5 Å². The number of methoxy groups -OCH3 is 1. The first-order valence-corrected chi connectivity index (χ1v) is 15.9. The van der Waals surface area contributed by atoms with E-state index in [-0.39, 0.29) is 54.6 Å². The van der Waals surface area contributed by atoms with E-state index in [1.165, 1.54) is 36.0 Å². The number of thioether (sulfide) groups is 1. The van der Waals surface area contributed by atoms with Gasteiger partial charge in [0.15, 0.2) is 23.9 Å². The number of carbonyl (C=O) groups is 2. The minimum Gasteiger partial charge on any atom is -0.467 e. The second kappa shape index (κ2) is 18.0. The van der Waals surface area contributed by atoms with Gasteiger partial charge in [-0.3, -0.25) is 14.9 Å². The Morgan fingerprint density at radius 3 is 2.70 bits per heavy atom. The predicted molar refractivity (Wildman–Crippen MR) is 168 cm³/mol. The van der Waals surface area contributed by atoms with Crippen LogP contribution in [0.5, 0.6) is 5.75 Å². The molecule has 3 heterocycles. The molecule has 46 heavy (non-hydrogen) atoms. The summed E-state index contributed by atoms with van der Waals surface area (Å²) in [5, 5.41) is 11.1. The smallest absolute Gasteiger partial charge is 0.332 e. The second-order valence-electron chi connectivity index (χ2n) is 9.68. The van der Waals surface area contributed by atoms with E-state index in [9.17, 15) is 18.8 Å². The van der Waals surface area contributed by atoms with Crippen LogP contribution >= 0.6 is 20.8 Å². The fraction of sp³-hybridized carbons (Fsp3) is 0.367. The van der Waals surface area contributed by atoms with Gasteiger partial charge in [0.2, 0.25) is 20.2 Å². The quantitative estimate of drug-likeness (QED) is 0.182. The first-order valence-electron chi connectivity index (χ1n) is 14.1. The van der Waals surface area contributed by atoms with Crippen molar-refractivity contribution in [1.82, 2.24) is 15.2 Å². The number of hydrogen-bond donors (Lipinski definition) is 3. The Morgan fingerprint density at radius 1 is 1.17 bits per heavy atom. The number of fused-ring (bicyclic) bond motifs is 2. The standard InChI is InChI=1S/C28H28F2N3O7PS.C2H6O.H2O/c1-37-23(35)14-39-41-40-27-20(34)8-10-31-26(27)28(36)33-11-13-38-12-9-22(33)32-25-16-6-7-19(29)24(30)18(16)15-42-21-5-3-2-4-17(21)25;1-2-3;/h2-8,10,22,25,32,41H,9,11-15H2,1H3,(H,31,34);3H,2H2,1H3;1H2/t22-,25-;;/m0../s1. The topological polar surface area (TPSA) is 171 Å². The lowest BCUT2D eigenvalue weighted by Crippen LogP contribution is -2.51. The van der Waals surface area contributed by atoms with E-state index in [1.807, 2.05) is 24.3 Å². The number of halogens is 2. The Hall–Kier alpha value is -3.43.